The molecule has 2 rings (SSSR count). The molecule has 1 N–H and O–H groups in total. The molecule has 7 heteroatoms. The number of phenolic OH excluding ortho intramolecular Hbond substituents is 1. The molecule has 0 spiro atoms. The molecule has 0 radical (unpaired) electrons. The molecule has 0 saturated heterocycles. The van der Waals surface area contributed by atoms with Crippen LogP contribution >= 0.6 is 0 Å². The van der Waals surface area contributed by atoms with E-state index in [-0.39, 0.29) is 5.75 Å². The zero-order valence-corrected chi connectivity index (χ0v) is 18.7. The summed E-state index contributed by atoms with van der Waals surface area (Å²) in [5.41, 5.74) is 0.642. The number of rotatable bonds is 3. The molecule has 160 valence electrons. The van der Waals surface area contributed by atoms with Gasteiger partial charge in [0.2, 0.25) is 9.84 Å². The molecule has 2 aromatic rings. The number of nitriles is 1. The molecule has 2 aromatic carbocycles. The average molecular weight is 434 g/mol. The third-order valence-corrected chi connectivity index (χ3v) is 6.33. The normalized spacial score (nSPS) is 13.2. The summed E-state index contributed by atoms with van der Waals surface area (Å²) in [7, 11) is -4.51. The largest absolute Gasteiger partial charge is 0.507 e. The van der Waals surface area contributed by atoms with E-state index in [9.17, 15) is 27.6 Å². The minimum absolute atomic E-state index is 0.109. The van der Waals surface area contributed by atoms with Crippen LogP contribution in [0.15, 0.2) is 40.1 Å². The minimum Gasteiger partial charge on any atom is -0.507 e. The number of nitrogens with zero attached hydrogens (tertiary/aromatic N) is 1. The van der Waals surface area contributed by atoms with Crippen molar-refractivity contribution in [3.8, 4) is 11.8 Å². The topological polar surface area (TPSA) is 78.2 Å². The van der Waals surface area contributed by atoms with Crippen molar-refractivity contribution in [2.24, 2.45) is 0 Å². The fourth-order valence-corrected chi connectivity index (χ4v) is 4.23. The number of hydrogen-bond acceptors (Lipinski definition) is 4. The van der Waals surface area contributed by atoms with Gasteiger partial charge in [-0.1, -0.05) is 41.5 Å². The Labute approximate surface area is 176 Å². The standard InChI is InChI=1S/C23H25F2NO3S/c1-22(2,3)17-10-14(11-18(21(17)27)23(4,5)6)9-16(13-26)30(28,29)20-8-7-15(24)12-19(20)25/h7-12,27H,1-6H3. The summed E-state index contributed by atoms with van der Waals surface area (Å²) in [6, 6.07) is 6.90. The molecule has 0 aromatic heterocycles. The molecule has 0 aliphatic carbocycles. The molecule has 0 unspecified atom stereocenters. The lowest BCUT2D eigenvalue weighted by molar-refractivity contribution is 0.423. The Morgan fingerprint density at radius 1 is 1.00 bits per heavy atom. The van der Waals surface area contributed by atoms with Gasteiger partial charge in [-0.25, -0.2) is 17.2 Å². The highest BCUT2D eigenvalue weighted by molar-refractivity contribution is 7.95. The third-order valence-electron chi connectivity index (χ3n) is 4.63. The minimum atomic E-state index is -4.51. The molecular weight excluding hydrogens is 408 g/mol. The summed E-state index contributed by atoms with van der Waals surface area (Å²) in [4.78, 5) is -1.46. The van der Waals surface area contributed by atoms with E-state index in [0.717, 1.165) is 18.2 Å². The van der Waals surface area contributed by atoms with Crippen LogP contribution in [-0.4, -0.2) is 13.5 Å². The van der Waals surface area contributed by atoms with Crippen molar-refractivity contribution in [1.29, 1.82) is 5.26 Å². The van der Waals surface area contributed by atoms with Gasteiger partial charge in [-0.05, 0) is 46.7 Å². The summed E-state index contributed by atoms with van der Waals surface area (Å²) in [5.74, 6) is -2.08. The van der Waals surface area contributed by atoms with E-state index in [1.807, 2.05) is 41.5 Å². The Balaban J connectivity index is 2.77. The van der Waals surface area contributed by atoms with Crippen molar-refractivity contribution in [3.63, 3.8) is 0 Å². The average Bonchev–Trinajstić information content (AvgIpc) is 2.58. The van der Waals surface area contributed by atoms with Crippen molar-refractivity contribution in [3.05, 3.63) is 63.6 Å². The Morgan fingerprint density at radius 2 is 1.50 bits per heavy atom. The Hall–Kier alpha value is -2.72. The molecule has 0 amide bonds. The highest BCUT2D eigenvalue weighted by Crippen LogP contribution is 2.40. The van der Waals surface area contributed by atoms with Gasteiger partial charge < -0.3 is 5.11 Å². The van der Waals surface area contributed by atoms with Crippen LogP contribution in [0.2, 0.25) is 0 Å². The van der Waals surface area contributed by atoms with Crippen LogP contribution < -0.4 is 0 Å². The van der Waals surface area contributed by atoms with Gasteiger partial charge in [0.15, 0.2) is 0 Å². The molecule has 30 heavy (non-hydrogen) atoms. The van der Waals surface area contributed by atoms with Crippen molar-refractivity contribution in [2.75, 3.05) is 0 Å². The quantitative estimate of drug-likeness (QED) is 0.505. The van der Waals surface area contributed by atoms with E-state index < -0.39 is 42.1 Å². The second kappa shape index (κ2) is 7.84. The lowest BCUT2D eigenvalue weighted by Crippen LogP contribution is -2.17. The van der Waals surface area contributed by atoms with Crippen molar-refractivity contribution in [2.45, 2.75) is 57.3 Å². The predicted molar refractivity (Wildman–Crippen MR) is 113 cm³/mol. The molecule has 0 bridgehead atoms. The van der Waals surface area contributed by atoms with Gasteiger partial charge >= 0.3 is 0 Å². The van der Waals surface area contributed by atoms with Gasteiger partial charge in [-0.15, -0.1) is 0 Å². The monoisotopic (exact) mass is 433 g/mol. The van der Waals surface area contributed by atoms with Gasteiger partial charge in [0.25, 0.3) is 0 Å². The molecule has 0 heterocycles. The first-order chi connectivity index (χ1) is 13.6. The first-order valence-corrected chi connectivity index (χ1v) is 10.8. The zero-order valence-electron chi connectivity index (χ0n) is 17.8. The van der Waals surface area contributed by atoms with E-state index in [0.29, 0.717) is 22.8 Å². The van der Waals surface area contributed by atoms with E-state index in [4.69, 9.17) is 0 Å². The van der Waals surface area contributed by atoms with Crippen LogP contribution in [0.5, 0.6) is 5.75 Å². The molecule has 0 aliphatic heterocycles. The number of halogens is 2. The maximum Gasteiger partial charge on any atom is 0.219 e. The molecule has 0 aliphatic rings. The number of allylic oxidation sites excluding steroid dienone is 1. The van der Waals surface area contributed by atoms with Crippen LogP contribution in [0.25, 0.3) is 6.08 Å². The van der Waals surface area contributed by atoms with E-state index >= 15 is 0 Å². The van der Waals surface area contributed by atoms with E-state index in [1.54, 1.807) is 18.2 Å². The number of aromatic hydroxyl groups is 1. The summed E-state index contributed by atoms with van der Waals surface area (Å²) in [6.45, 7) is 11.4. The van der Waals surface area contributed by atoms with Crippen molar-refractivity contribution in [1.82, 2.24) is 0 Å². The highest BCUT2D eigenvalue weighted by Gasteiger charge is 2.28. The first kappa shape index (κ1) is 23.6. The first-order valence-electron chi connectivity index (χ1n) is 9.29. The fraction of sp³-hybridized carbons (Fsp3) is 0.348. The Kier molecular flexibility index (Phi) is 6.16. The van der Waals surface area contributed by atoms with Crippen LogP contribution in [0.3, 0.4) is 0 Å². The fourth-order valence-electron chi connectivity index (χ4n) is 3.02. The maximum atomic E-state index is 14.1. The number of hydrogen-bond donors (Lipinski definition) is 1. The van der Waals surface area contributed by atoms with Crippen LogP contribution in [0.4, 0.5) is 8.78 Å². The third kappa shape index (κ3) is 4.71. The second-order valence-corrected chi connectivity index (χ2v) is 11.0. The van der Waals surface area contributed by atoms with Crippen molar-refractivity contribution >= 4 is 15.9 Å². The van der Waals surface area contributed by atoms with Crippen LogP contribution in [-0.2, 0) is 20.7 Å². The highest BCUT2D eigenvalue weighted by atomic mass is 32.2. The number of benzene rings is 2. The van der Waals surface area contributed by atoms with Crippen LogP contribution in [0.1, 0.15) is 58.2 Å². The summed E-state index contributed by atoms with van der Waals surface area (Å²) >= 11 is 0. The van der Waals surface area contributed by atoms with Crippen LogP contribution in [0, 0.1) is 23.0 Å². The van der Waals surface area contributed by atoms with E-state index in [1.165, 1.54) is 0 Å². The lowest BCUT2D eigenvalue weighted by Gasteiger charge is -2.28. The van der Waals surface area contributed by atoms with Gasteiger partial charge in [-0.3, -0.25) is 0 Å². The van der Waals surface area contributed by atoms with Gasteiger partial charge in [-0.2, -0.15) is 5.26 Å². The summed E-state index contributed by atoms with van der Waals surface area (Å²) < 4.78 is 52.9. The molecular formula is C23H25F2NO3S. The van der Waals surface area contributed by atoms with E-state index in [2.05, 4.69) is 0 Å². The predicted octanol–water partition coefficient (Wildman–Crippen LogP) is 5.60. The van der Waals surface area contributed by atoms with Gasteiger partial charge in [0, 0.05) is 17.2 Å². The zero-order chi connectivity index (χ0) is 23.1. The van der Waals surface area contributed by atoms with Crippen molar-refractivity contribution < 1.29 is 22.3 Å². The molecule has 0 saturated carbocycles. The number of phenols is 1. The van der Waals surface area contributed by atoms with Gasteiger partial charge in [0.1, 0.15) is 33.3 Å². The Bertz CT molecular complexity index is 1130. The molecule has 4 nitrogen and oxygen atoms in total. The van der Waals surface area contributed by atoms with Gasteiger partial charge in [0.05, 0.1) is 0 Å². The number of sulfone groups is 1. The molecule has 0 atom stereocenters. The summed E-state index contributed by atoms with van der Waals surface area (Å²) in [6.07, 6.45) is 1.14. The smallest absolute Gasteiger partial charge is 0.219 e. The lowest BCUT2D eigenvalue weighted by atomic mass is 9.78. The summed E-state index contributed by atoms with van der Waals surface area (Å²) in [5, 5.41) is 20.3. The maximum absolute atomic E-state index is 14.1. The SMILES string of the molecule is CC(C)(C)c1cc(C=C(C#N)S(=O)(=O)c2ccc(F)cc2F)cc(C(C)(C)C)c1O. The molecule has 0 fully saturated rings. The second-order valence-electron chi connectivity index (χ2n) is 9.16. The Morgan fingerprint density at radius 3 is 1.90 bits per heavy atom.